The number of amides is 4. The van der Waals surface area contributed by atoms with E-state index in [4.69, 9.17) is 0 Å². The Morgan fingerprint density at radius 3 is 2.48 bits per heavy atom. The molecule has 10 heteroatoms. The number of aryl methyl sites for hydroxylation is 2. The second kappa shape index (κ2) is 8.12. The van der Waals surface area contributed by atoms with Crippen molar-refractivity contribution in [3.63, 3.8) is 0 Å². The lowest BCUT2D eigenvalue weighted by molar-refractivity contribution is -0.133. The molecule has 4 amide bonds. The summed E-state index contributed by atoms with van der Waals surface area (Å²) >= 11 is 0. The van der Waals surface area contributed by atoms with E-state index in [9.17, 15) is 23.2 Å². The van der Waals surface area contributed by atoms with Crippen LogP contribution in [0.25, 0.3) is 5.69 Å². The van der Waals surface area contributed by atoms with Gasteiger partial charge < -0.3 is 10.6 Å². The molecule has 1 aliphatic heterocycles. The van der Waals surface area contributed by atoms with Crippen molar-refractivity contribution in [3.8, 4) is 5.69 Å². The van der Waals surface area contributed by atoms with Crippen molar-refractivity contribution in [2.75, 3.05) is 11.9 Å². The predicted octanol–water partition coefficient (Wildman–Crippen LogP) is 3.17. The van der Waals surface area contributed by atoms with Crippen LogP contribution in [0.3, 0.4) is 0 Å². The van der Waals surface area contributed by atoms with E-state index in [-0.39, 0.29) is 5.56 Å². The lowest BCUT2D eigenvalue weighted by atomic mass is 9.91. The Bertz CT molecular complexity index is 1270. The van der Waals surface area contributed by atoms with Gasteiger partial charge >= 0.3 is 6.03 Å². The van der Waals surface area contributed by atoms with E-state index in [0.29, 0.717) is 22.1 Å². The molecule has 0 radical (unpaired) electrons. The van der Waals surface area contributed by atoms with Gasteiger partial charge in [-0.1, -0.05) is 17.7 Å². The number of nitrogens with zero attached hydrogens (tertiary/aromatic N) is 3. The van der Waals surface area contributed by atoms with Crippen LogP contribution in [0.1, 0.15) is 23.7 Å². The van der Waals surface area contributed by atoms with Crippen LogP contribution in [-0.2, 0) is 15.1 Å². The maximum atomic E-state index is 14.3. The Morgan fingerprint density at radius 2 is 1.79 bits per heavy atom. The Kier molecular flexibility index (Phi) is 5.44. The fourth-order valence-electron chi connectivity index (χ4n) is 3.70. The number of rotatable bonds is 5. The summed E-state index contributed by atoms with van der Waals surface area (Å²) in [6.45, 7) is 4.35. The van der Waals surface area contributed by atoms with Crippen LogP contribution in [0.15, 0.2) is 48.5 Å². The molecule has 3 aromatic rings. The maximum absolute atomic E-state index is 14.3. The average Bonchev–Trinajstić information content (AvgIpc) is 3.22. The van der Waals surface area contributed by atoms with Gasteiger partial charge in [-0.15, -0.1) is 0 Å². The number of benzene rings is 2. The first-order valence-corrected chi connectivity index (χ1v) is 10.1. The van der Waals surface area contributed by atoms with Crippen LogP contribution in [-0.4, -0.2) is 39.1 Å². The van der Waals surface area contributed by atoms with Crippen LogP contribution >= 0.6 is 0 Å². The molecule has 0 aliphatic carbocycles. The molecule has 1 atom stereocenters. The number of carbonyl (C=O) groups is 3. The van der Waals surface area contributed by atoms with Gasteiger partial charge in [-0.05, 0) is 51.1 Å². The summed E-state index contributed by atoms with van der Waals surface area (Å²) in [5, 5.41) is 9.39. The van der Waals surface area contributed by atoms with Crippen molar-refractivity contribution in [1.29, 1.82) is 0 Å². The molecular formula is C23H21F2N5O3. The van der Waals surface area contributed by atoms with Gasteiger partial charge in [0.25, 0.3) is 5.91 Å². The first kappa shape index (κ1) is 22.1. The highest BCUT2D eigenvalue weighted by Crippen LogP contribution is 2.31. The van der Waals surface area contributed by atoms with Crippen molar-refractivity contribution in [2.45, 2.75) is 26.3 Å². The molecule has 1 unspecified atom stereocenters. The van der Waals surface area contributed by atoms with Crippen LogP contribution in [0.2, 0.25) is 0 Å². The largest absolute Gasteiger partial charge is 0.325 e. The van der Waals surface area contributed by atoms with Crippen molar-refractivity contribution in [1.82, 2.24) is 20.0 Å². The minimum absolute atomic E-state index is 0.322. The maximum Gasteiger partial charge on any atom is 0.325 e. The van der Waals surface area contributed by atoms with Crippen LogP contribution in [0.5, 0.6) is 0 Å². The molecule has 1 aliphatic rings. The van der Waals surface area contributed by atoms with E-state index >= 15 is 0 Å². The molecule has 0 bridgehead atoms. The SMILES string of the molecule is Cc1ccc(-n2nc(C)cc2NC(=O)CN2C(=O)NC(C)(c3cc(F)ccc3F)C2=O)cc1. The molecular weight excluding hydrogens is 432 g/mol. The summed E-state index contributed by atoms with van der Waals surface area (Å²) in [6.07, 6.45) is 0. The number of nitrogens with one attached hydrogen (secondary N) is 2. The minimum atomic E-state index is -1.84. The zero-order chi connectivity index (χ0) is 23.9. The lowest BCUT2D eigenvalue weighted by Crippen LogP contribution is -2.42. The van der Waals surface area contributed by atoms with Crippen LogP contribution in [0, 0.1) is 25.5 Å². The third-order valence-corrected chi connectivity index (χ3v) is 5.42. The van der Waals surface area contributed by atoms with E-state index in [1.807, 2.05) is 31.2 Å². The number of hydrogen-bond acceptors (Lipinski definition) is 4. The molecule has 4 rings (SSSR count). The Hall–Kier alpha value is -4.08. The van der Waals surface area contributed by atoms with E-state index in [2.05, 4.69) is 15.7 Å². The quantitative estimate of drug-likeness (QED) is 0.580. The van der Waals surface area contributed by atoms with Gasteiger partial charge in [0, 0.05) is 11.6 Å². The fourth-order valence-corrected chi connectivity index (χ4v) is 3.70. The third kappa shape index (κ3) is 4.07. The van der Waals surface area contributed by atoms with Gasteiger partial charge in [0.15, 0.2) is 0 Å². The van der Waals surface area contributed by atoms with Gasteiger partial charge in [-0.3, -0.25) is 14.5 Å². The third-order valence-electron chi connectivity index (χ3n) is 5.42. The highest BCUT2D eigenvalue weighted by molar-refractivity contribution is 6.10. The van der Waals surface area contributed by atoms with E-state index in [1.54, 1.807) is 13.0 Å². The van der Waals surface area contributed by atoms with Crippen molar-refractivity contribution in [2.24, 2.45) is 0 Å². The first-order chi connectivity index (χ1) is 15.6. The minimum Gasteiger partial charge on any atom is -0.319 e. The van der Waals surface area contributed by atoms with Crippen LogP contribution < -0.4 is 10.6 Å². The number of aromatic nitrogens is 2. The summed E-state index contributed by atoms with van der Waals surface area (Å²) in [4.78, 5) is 38.8. The number of carbonyl (C=O) groups excluding carboxylic acids is 3. The van der Waals surface area contributed by atoms with Crippen molar-refractivity contribution < 1.29 is 23.2 Å². The number of urea groups is 1. The second-order valence-electron chi connectivity index (χ2n) is 8.04. The molecule has 2 aromatic carbocycles. The second-order valence-corrected chi connectivity index (χ2v) is 8.04. The molecule has 1 aromatic heterocycles. The number of halogens is 2. The zero-order valence-corrected chi connectivity index (χ0v) is 18.1. The van der Waals surface area contributed by atoms with Gasteiger partial charge in [-0.25, -0.2) is 18.3 Å². The van der Waals surface area contributed by atoms with Gasteiger partial charge in [0.05, 0.1) is 11.4 Å². The molecule has 0 saturated carbocycles. The Morgan fingerprint density at radius 1 is 1.09 bits per heavy atom. The lowest BCUT2D eigenvalue weighted by Gasteiger charge is -2.22. The number of anilines is 1. The normalized spacial score (nSPS) is 17.9. The molecule has 170 valence electrons. The van der Waals surface area contributed by atoms with Gasteiger partial charge in [0.2, 0.25) is 5.91 Å². The Balaban J connectivity index is 1.54. The van der Waals surface area contributed by atoms with Crippen molar-refractivity contribution >= 4 is 23.7 Å². The number of imide groups is 1. The Labute approximate surface area is 188 Å². The molecule has 1 saturated heterocycles. The zero-order valence-electron chi connectivity index (χ0n) is 18.1. The highest BCUT2D eigenvalue weighted by Gasteiger charge is 2.50. The highest BCUT2D eigenvalue weighted by atomic mass is 19.1. The molecule has 1 fully saturated rings. The molecule has 0 spiro atoms. The monoisotopic (exact) mass is 453 g/mol. The van der Waals surface area contributed by atoms with Crippen molar-refractivity contribution in [3.05, 3.63) is 77.0 Å². The standard InChI is InChI=1S/C23H21F2N5O3/c1-13-4-7-16(8-5-13)30-19(10-14(2)28-30)26-20(31)12-29-21(32)23(3,27-22(29)33)17-11-15(24)6-9-18(17)25/h4-11H,12H2,1-3H3,(H,26,31)(H,27,33). The molecule has 2 heterocycles. The van der Waals surface area contributed by atoms with E-state index < -0.39 is 41.6 Å². The summed E-state index contributed by atoms with van der Waals surface area (Å²) < 4.78 is 29.5. The van der Waals surface area contributed by atoms with Gasteiger partial charge in [0.1, 0.15) is 29.5 Å². The predicted molar refractivity (Wildman–Crippen MR) is 116 cm³/mol. The smallest absolute Gasteiger partial charge is 0.319 e. The first-order valence-electron chi connectivity index (χ1n) is 10.1. The number of hydrogen-bond donors (Lipinski definition) is 2. The molecule has 33 heavy (non-hydrogen) atoms. The summed E-state index contributed by atoms with van der Waals surface area (Å²) in [7, 11) is 0. The summed E-state index contributed by atoms with van der Waals surface area (Å²) in [6, 6.07) is 10.9. The van der Waals surface area contributed by atoms with Gasteiger partial charge in [-0.2, -0.15) is 5.10 Å². The topological polar surface area (TPSA) is 96.3 Å². The summed E-state index contributed by atoms with van der Waals surface area (Å²) in [5.41, 5.74) is 0.258. The molecule has 2 N–H and O–H groups in total. The van der Waals surface area contributed by atoms with E-state index in [0.717, 1.165) is 23.8 Å². The fraction of sp³-hybridized carbons (Fsp3) is 0.217. The summed E-state index contributed by atoms with van der Waals surface area (Å²) in [5.74, 6) is -2.78. The van der Waals surface area contributed by atoms with E-state index in [1.165, 1.54) is 11.6 Å². The average molecular weight is 453 g/mol. The molecule has 8 nitrogen and oxygen atoms in total. The van der Waals surface area contributed by atoms with Crippen LogP contribution in [0.4, 0.5) is 19.4 Å².